The second-order valence-electron chi connectivity index (χ2n) is 10.2. The number of hydrogen-bond acceptors (Lipinski definition) is 5. The van der Waals surface area contributed by atoms with Crippen LogP contribution < -0.4 is 0 Å². The molecule has 32 heavy (non-hydrogen) atoms. The van der Waals surface area contributed by atoms with E-state index in [2.05, 4.69) is 39.0 Å². The molecule has 2 aliphatic heterocycles. The first kappa shape index (κ1) is 23.3. The maximum absolute atomic E-state index is 13.0. The summed E-state index contributed by atoms with van der Waals surface area (Å²) in [7, 11) is 0. The van der Waals surface area contributed by atoms with Crippen molar-refractivity contribution in [2.75, 3.05) is 0 Å². The van der Waals surface area contributed by atoms with E-state index in [0.717, 1.165) is 6.42 Å². The zero-order chi connectivity index (χ0) is 23.4. The number of esters is 1. The Morgan fingerprint density at radius 1 is 1.06 bits per heavy atom. The summed E-state index contributed by atoms with van der Waals surface area (Å²) < 4.78 is 11.4. The number of hydrogen-bond donors (Lipinski definition) is 1. The lowest BCUT2D eigenvalue weighted by Crippen LogP contribution is -2.46. The minimum absolute atomic E-state index is 0.0318. The molecule has 0 aromatic rings. The lowest BCUT2D eigenvalue weighted by molar-refractivity contribution is -0.152. The lowest BCUT2D eigenvalue weighted by atomic mass is 9.57. The maximum atomic E-state index is 13.0. The van der Waals surface area contributed by atoms with E-state index in [4.69, 9.17) is 21.1 Å². The van der Waals surface area contributed by atoms with E-state index in [-0.39, 0.29) is 58.0 Å². The Balaban J connectivity index is 1.79. The number of aliphatic hydroxyl groups is 1. The number of fused-ring (bicyclic) bond motifs is 4. The molecule has 174 valence electrons. The average Bonchev–Trinajstić information content (AvgIpc) is 3.44. The van der Waals surface area contributed by atoms with Gasteiger partial charge in [-0.15, -0.1) is 0 Å². The third-order valence-electron chi connectivity index (χ3n) is 7.89. The zero-order valence-corrected chi connectivity index (χ0v) is 20.1. The van der Waals surface area contributed by atoms with E-state index < -0.39 is 23.8 Å². The number of allylic oxidation sites excluding steroid dienone is 7. The van der Waals surface area contributed by atoms with E-state index in [1.807, 2.05) is 12.2 Å². The predicted octanol–water partition coefficient (Wildman–Crippen LogP) is 5.13. The first-order valence-corrected chi connectivity index (χ1v) is 12.0. The molecular weight excluding hydrogens is 428 g/mol. The minimum Gasteiger partial charge on any atom is -0.510 e. The Morgan fingerprint density at radius 3 is 2.47 bits per heavy atom. The van der Waals surface area contributed by atoms with Crippen LogP contribution >= 0.6 is 11.6 Å². The first-order valence-electron chi connectivity index (χ1n) is 11.6. The van der Waals surface area contributed by atoms with Crippen LogP contribution in [0, 0.1) is 41.4 Å². The maximum Gasteiger partial charge on any atom is 0.317 e. The Kier molecular flexibility index (Phi) is 6.19. The lowest BCUT2D eigenvalue weighted by Gasteiger charge is -2.46. The van der Waals surface area contributed by atoms with Crippen LogP contribution in [0.15, 0.2) is 47.2 Å². The number of carbonyl (C=O) groups excluding carboxylic acids is 2. The van der Waals surface area contributed by atoms with Gasteiger partial charge in [0.25, 0.3) is 0 Å². The van der Waals surface area contributed by atoms with Crippen molar-refractivity contribution in [2.45, 2.75) is 58.8 Å². The number of Topliss-reactive ketones (excluding diaryl/α,β-unsaturated/α-hetero) is 1. The van der Waals surface area contributed by atoms with E-state index >= 15 is 0 Å². The van der Waals surface area contributed by atoms with Crippen LogP contribution in [0.2, 0.25) is 0 Å². The molecule has 0 amide bonds. The molecule has 1 saturated carbocycles. The fourth-order valence-electron chi connectivity index (χ4n) is 6.07. The second kappa shape index (κ2) is 8.49. The standard InChI is InChI=1S/C26H33ClO5/c1-13-8-6-7-9-14(2)31-25(30)16(4)22(28)21(27)23(29)20-18(13)11-10-17-12-26(5)24(32-26)15(3)19(17)20/h6-11,13-20,24,29H,12H2,1-5H3/b8-6-,9-7+,23-21?/t13-,14+,15+,16+,17-,18+,19-,20-,24+,26-/m1/s1. The molecule has 1 N–H and O–H groups in total. The molecule has 2 aliphatic carbocycles. The van der Waals surface area contributed by atoms with Crippen molar-refractivity contribution in [1.82, 2.24) is 0 Å². The number of ketones is 1. The molecule has 4 aliphatic rings. The third kappa shape index (κ3) is 3.99. The monoisotopic (exact) mass is 460 g/mol. The molecule has 0 bridgehead atoms. The third-order valence-corrected chi connectivity index (χ3v) is 8.27. The number of ether oxygens (including phenoxy) is 2. The molecule has 0 aromatic heterocycles. The van der Waals surface area contributed by atoms with Crippen molar-refractivity contribution in [3.8, 4) is 0 Å². The van der Waals surface area contributed by atoms with Crippen molar-refractivity contribution in [2.24, 2.45) is 41.4 Å². The Morgan fingerprint density at radius 2 is 1.75 bits per heavy atom. The molecule has 6 heteroatoms. The number of carbonyl (C=O) groups is 2. The van der Waals surface area contributed by atoms with E-state index in [1.54, 1.807) is 13.0 Å². The quantitative estimate of drug-likeness (QED) is 0.235. The summed E-state index contributed by atoms with van der Waals surface area (Å²) in [5.74, 6) is -2.21. The highest BCUT2D eigenvalue weighted by molar-refractivity contribution is 6.44. The number of cyclic esters (lactones) is 1. The number of aliphatic hydroxyl groups excluding tert-OH is 1. The van der Waals surface area contributed by atoms with Gasteiger partial charge in [0.05, 0.1) is 11.7 Å². The molecule has 0 unspecified atom stereocenters. The van der Waals surface area contributed by atoms with Gasteiger partial charge < -0.3 is 14.6 Å². The summed E-state index contributed by atoms with van der Waals surface area (Å²) in [5, 5.41) is 11.2. The van der Waals surface area contributed by atoms with Crippen LogP contribution in [-0.4, -0.2) is 34.7 Å². The topological polar surface area (TPSA) is 76.1 Å². The molecular formula is C26H33ClO5. The fraction of sp³-hybridized carbons (Fsp3) is 0.615. The predicted molar refractivity (Wildman–Crippen MR) is 123 cm³/mol. The molecule has 0 aromatic carbocycles. The number of epoxide rings is 1. The first-order chi connectivity index (χ1) is 15.0. The van der Waals surface area contributed by atoms with Crippen LogP contribution in [0.4, 0.5) is 0 Å². The molecule has 0 radical (unpaired) electrons. The largest absolute Gasteiger partial charge is 0.510 e. The van der Waals surface area contributed by atoms with Gasteiger partial charge in [0.1, 0.15) is 22.8 Å². The number of halogens is 1. The van der Waals surface area contributed by atoms with Crippen LogP contribution in [0.3, 0.4) is 0 Å². The van der Waals surface area contributed by atoms with Gasteiger partial charge in [0.15, 0.2) is 5.78 Å². The van der Waals surface area contributed by atoms with Crippen molar-refractivity contribution >= 4 is 23.4 Å². The van der Waals surface area contributed by atoms with Crippen molar-refractivity contribution in [1.29, 1.82) is 0 Å². The second-order valence-corrected chi connectivity index (χ2v) is 10.6. The minimum atomic E-state index is -1.09. The molecule has 5 nitrogen and oxygen atoms in total. The van der Waals surface area contributed by atoms with Crippen LogP contribution in [0.5, 0.6) is 0 Å². The highest BCUT2D eigenvalue weighted by Crippen LogP contribution is 2.60. The Hall–Kier alpha value is -1.85. The molecule has 2 fully saturated rings. The van der Waals surface area contributed by atoms with Crippen molar-refractivity contribution < 1.29 is 24.2 Å². The SMILES string of the molecule is C[C@@H]1C(=O)O[C@@H](C)/C=C/C=C\[C@@H](C)[C@@H]2C=C[C@@H]3C[C@@]4(C)O[C@H]4[C@@H](C)[C@H]3[C@@H]2C(O)=C(Cl)C1=O. The van der Waals surface area contributed by atoms with E-state index in [1.165, 1.54) is 6.92 Å². The van der Waals surface area contributed by atoms with Crippen molar-refractivity contribution in [3.05, 3.63) is 47.2 Å². The molecule has 2 heterocycles. The Bertz CT molecular complexity index is 917. The normalized spacial score (nSPS) is 48.6. The fourth-order valence-corrected chi connectivity index (χ4v) is 6.36. The van der Waals surface area contributed by atoms with Crippen LogP contribution in [-0.2, 0) is 19.1 Å². The van der Waals surface area contributed by atoms with Crippen LogP contribution in [0.25, 0.3) is 0 Å². The summed E-state index contributed by atoms with van der Waals surface area (Å²) in [5.41, 5.74) is -0.108. The van der Waals surface area contributed by atoms with Gasteiger partial charge >= 0.3 is 5.97 Å². The zero-order valence-electron chi connectivity index (χ0n) is 19.3. The molecule has 1 saturated heterocycles. The van der Waals surface area contributed by atoms with E-state index in [0.29, 0.717) is 0 Å². The molecule has 0 spiro atoms. The molecule has 10 atom stereocenters. The summed E-state index contributed by atoms with van der Waals surface area (Å²) in [6.07, 6.45) is 12.6. The highest BCUT2D eigenvalue weighted by atomic mass is 35.5. The summed E-state index contributed by atoms with van der Waals surface area (Å²) in [4.78, 5) is 25.5. The number of rotatable bonds is 0. The Labute approximate surface area is 195 Å². The van der Waals surface area contributed by atoms with Gasteiger partial charge in [-0.05, 0) is 62.9 Å². The smallest absolute Gasteiger partial charge is 0.317 e. The van der Waals surface area contributed by atoms with E-state index in [9.17, 15) is 14.7 Å². The van der Waals surface area contributed by atoms with Gasteiger partial charge in [-0.25, -0.2) is 0 Å². The van der Waals surface area contributed by atoms with Gasteiger partial charge in [-0.3, -0.25) is 9.59 Å². The summed E-state index contributed by atoms with van der Waals surface area (Å²) in [6, 6.07) is 0. The summed E-state index contributed by atoms with van der Waals surface area (Å²) in [6.45, 7) is 9.64. The van der Waals surface area contributed by atoms with Gasteiger partial charge in [-0.2, -0.15) is 0 Å². The molecule has 4 rings (SSSR count). The average molecular weight is 461 g/mol. The van der Waals surface area contributed by atoms with Gasteiger partial charge in [-0.1, -0.05) is 55.8 Å². The van der Waals surface area contributed by atoms with Crippen LogP contribution in [0.1, 0.15) is 41.0 Å². The van der Waals surface area contributed by atoms with Gasteiger partial charge in [0, 0.05) is 5.92 Å². The summed E-state index contributed by atoms with van der Waals surface area (Å²) >= 11 is 6.49. The highest BCUT2D eigenvalue weighted by Gasteiger charge is 2.64. The van der Waals surface area contributed by atoms with Crippen molar-refractivity contribution in [3.63, 3.8) is 0 Å². The van der Waals surface area contributed by atoms with Gasteiger partial charge in [0.2, 0.25) is 0 Å².